The minimum Gasteiger partial charge on any atom is -0.399 e. The molecule has 2 atom stereocenters. The first-order valence-corrected chi connectivity index (χ1v) is 12.8. The van der Waals surface area contributed by atoms with E-state index in [2.05, 4.69) is 20.6 Å². The lowest BCUT2D eigenvalue weighted by Gasteiger charge is -2.51. The van der Waals surface area contributed by atoms with Crippen LogP contribution in [0.4, 0.5) is 10.5 Å². The molecule has 0 radical (unpaired) electrons. The van der Waals surface area contributed by atoms with E-state index >= 15 is 0 Å². The van der Waals surface area contributed by atoms with Gasteiger partial charge < -0.3 is 10.8 Å². The molecule has 3 heterocycles. The van der Waals surface area contributed by atoms with Crippen molar-refractivity contribution in [1.82, 2.24) is 40.4 Å². The molecule has 3 amide bonds. The highest BCUT2D eigenvalue weighted by Crippen LogP contribution is 2.41. The molecule has 13 heteroatoms. The number of likely N-dealkylation sites (N-methyl/N-ethyl adjacent to an activating group) is 1. The fourth-order valence-corrected chi connectivity index (χ4v) is 5.30. The number of aromatic nitrogens is 4. The topological polar surface area (TPSA) is 160 Å². The highest BCUT2D eigenvalue weighted by molar-refractivity contribution is 6.05. The molecular weight excluding hydrogens is 476 g/mol. The highest BCUT2D eigenvalue weighted by Gasteiger charge is 2.62. The molecule has 1 saturated heterocycles. The summed E-state index contributed by atoms with van der Waals surface area (Å²) in [4.78, 5) is 36.0. The second-order valence-electron chi connectivity index (χ2n) is 9.15. The third kappa shape index (κ3) is 4.76. The number of nitrogens with one attached hydrogen (secondary N) is 1. The van der Waals surface area contributed by atoms with E-state index in [-0.39, 0.29) is 25.0 Å². The Morgan fingerprint density at radius 1 is 1.19 bits per heavy atom. The van der Waals surface area contributed by atoms with Crippen LogP contribution in [0, 0.1) is 0 Å². The Morgan fingerprint density at radius 2 is 1.97 bits per heavy atom. The Bertz CT molecular complexity index is 1120. The van der Waals surface area contributed by atoms with Gasteiger partial charge in [0.1, 0.15) is 5.84 Å². The summed E-state index contributed by atoms with van der Waals surface area (Å²) in [5.41, 5.74) is 6.65. The molecule has 0 spiro atoms. The zero-order valence-corrected chi connectivity index (χ0v) is 21.7. The number of aliphatic hydroxyl groups excluding tert-OH is 1. The molecule has 2 aromatic rings. The number of carbonyl (C=O) groups is 2. The normalized spacial score (nSPS) is 21.7. The van der Waals surface area contributed by atoms with Crippen molar-refractivity contribution >= 4 is 23.5 Å². The van der Waals surface area contributed by atoms with Crippen molar-refractivity contribution in [3.05, 3.63) is 35.7 Å². The Balaban J connectivity index is 1.81. The Morgan fingerprint density at radius 3 is 2.59 bits per heavy atom. The lowest BCUT2D eigenvalue weighted by atomic mass is 9.91. The number of hydrogen-bond acceptors (Lipinski definition) is 10. The smallest absolute Gasteiger partial charge is 0.328 e. The molecular formula is C24H36N10O3. The van der Waals surface area contributed by atoms with Gasteiger partial charge in [-0.1, -0.05) is 44.2 Å². The van der Waals surface area contributed by atoms with Gasteiger partial charge in [0, 0.05) is 31.9 Å². The summed E-state index contributed by atoms with van der Waals surface area (Å²) >= 11 is 0. The summed E-state index contributed by atoms with van der Waals surface area (Å²) in [6.45, 7) is 7.19. The maximum Gasteiger partial charge on any atom is 0.328 e. The number of tetrazole rings is 1. The number of nitrogens with two attached hydrogens (primary N) is 1. The highest BCUT2D eigenvalue weighted by atomic mass is 16.3. The zero-order chi connectivity index (χ0) is 26.6. The summed E-state index contributed by atoms with van der Waals surface area (Å²) in [6.07, 6.45) is 1.78. The van der Waals surface area contributed by atoms with Crippen molar-refractivity contribution in [2.75, 3.05) is 38.5 Å². The number of H-pyrrole nitrogens is 1. The number of para-hydroxylation sites is 1. The number of fused-ring (bicyclic) bond motifs is 1. The Labute approximate surface area is 216 Å². The molecule has 0 saturated carbocycles. The van der Waals surface area contributed by atoms with Crippen molar-refractivity contribution < 1.29 is 14.7 Å². The van der Waals surface area contributed by atoms with Crippen molar-refractivity contribution in [2.45, 2.75) is 58.2 Å². The molecule has 4 N–H and O–H groups in total. The molecule has 2 aliphatic rings. The van der Waals surface area contributed by atoms with Crippen LogP contribution in [0.2, 0.25) is 0 Å². The largest absolute Gasteiger partial charge is 0.399 e. The van der Waals surface area contributed by atoms with Gasteiger partial charge in [-0.3, -0.25) is 19.6 Å². The molecule has 2 unspecified atom stereocenters. The van der Waals surface area contributed by atoms with Gasteiger partial charge in [0.15, 0.2) is 17.5 Å². The van der Waals surface area contributed by atoms with Gasteiger partial charge in [0.2, 0.25) is 0 Å². The molecule has 0 aliphatic carbocycles. The van der Waals surface area contributed by atoms with Gasteiger partial charge in [-0.15, -0.1) is 10.2 Å². The number of rotatable bonds is 12. The number of nitrogen functional groups attached to an aromatic ring is 1. The van der Waals surface area contributed by atoms with Crippen LogP contribution in [0.25, 0.3) is 0 Å². The van der Waals surface area contributed by atoms with Gasteiger partial charge in [-0.2, -0.15) is 5.21 Å². The van der Waals surface area contributed by atoms with E-state index in [1.54, 1.807) is 4.90 Å². The molecule has 200 valence electrons. The van der Waals surface area contributed by atoms with Gasteiger partial charge in [0.05, 0.1) is 13.0 Å². The van der Waals surface area contributed by atoms with Gasteiger partial charge in [0.25, 0.3) is 5.91 Å². The van der Waals surface area contributed by atoms with E-state index in [9.17, 15) is 14.7 Å². The molecule has 1 fully saturated rings. The Hall–Kier alpha value is -3.58. The third-order valence-corrected chi connectivity index (χ3v) is 7.06. The number of aliphatic imine (C=N–C) groups is 1. The van der Waals surface area contributed by atoms with Crippen LogP contribution < -0.4 is 5.73 Å². The predicted molar refractivity (Wildman–Crippen MR) is 137 cm³/mol. The second-order valence-corrected chi connectivity index (χ2v) is 9.15. The molecule has 0 bridgehead atoms. The van der Waals surface area contributed by atoms with E-state index in [0.29, 0.717) is 62.8 Å². The molecule has 2 aliphatic heterocycles. The quantitative estimate of drug-likeness (QED) is 0.347. The first-order chi connectivity index (χ1) is 17.9. The number of hydrogen-bond donors (Lipinski definition) is 3. The number of anilines is 1. The molecule has 37 heavy (non-hydrogen) atoms. The SMILES string of the molecule is CCCN1C(=O)C2N(N(CC)CCO)C(Cc3nn[nH]n3)=NC2(CC)N(CCc2ccccc2N)C1=O. The van der Waals surface area contributed by atoms with Crippen LogP contribution in [-0.2, 0) is 17.6 Å². The monoisotopic (exact) mass is 512 g/mol. The summed E-state index contributed by atoms with van der Waals surface area (Å²) in [5.74, 6) is 0.668. The van der Waals surface area contributed by atoms with Crippen LogP contribution in [0.5, 0.6) is 0 Å². The number of carbonyl (C=O) groups excluding carboxylic acids is 2. The van der Waals surface area contributed by atoms with E-state index in [4.69, 9.17) is 10.7 Å². The van der Waals surface area contributed by atoms with E-state index < -0.39 is 11.7 Å². The van der Waals surface area contributed by atoms with Gasteiger partial charge in [-0.05, 0) is 30.9 Å². The van der Waals surface area contributed by atoms with Crippen molar-refractivity contribution in [3.63, 3.8) is 0 Å². The second kappa shape index (κ2) is 11.2. The molecule has 1 aromatic heterocycles. The predicted octanol–water partition coefficient (Wildman–Crippen LogP) is 0.660. The summed E-state index contributed by atoms with van der Waals surface area (Å²) in [7, 11) is 0. The average molecular weight is 513 g/mol. The van der Waals surface area contributed by atoms with Gasteiger partial charge in [-0.25, -0.2) is 14.8 Å². The minimum atomic E-state index is -1.14. The third-order valence-electron chi connectivity index (χ3n) is 7.06. The average Bonchev–Trinajstić information content (AvgIpc) is 3.53. The van der Waals surface area contributed by atoms with E-state index in [1.807, 2.05) is 55.1 Å². The van der Waals surface area contributed by atoms with Crippen molar-refractivity contribution in [2.24, 2.45) is 4.99 Å². The van der Waals surface area contributed by atoms with Crippen molar-refractivity contribution in [3.8, 4) is 0 Å². The van der Waals surface area contributed by atoms with Crippen LogP contribution in [-0.4, -0.2) is 108 Å². The number of aromatic amines is 1. The first-order valence-electron chi connectivity index (χ1n) is 12.8. The van der Waals surface area contributed by atoms with Crippen LogP contribution in [0.15, 0.2) is 29.3 Å². The number of benzene rings is 1. The molecule has 13 nitrogen and oxygen atoms in total. The van der Waals surface area contributed by atoms with E-state index in [1.165, 1.54) is 4.90 Å². The zero-order valence-electron chi connectivity index (χ0n) is 21.7. The fraction of sp³-hybridized carbons (Fsp3) is 0.583. The number of urea groups is 1. The fourth-order valence-electron chi connectivity index (χ4n) is 5.30. The summed E-state index contributed by atoms with van der Waals surface area (Å²) in [5, 5.41) is 27.8. The van der Waals surface area contributed by atoms with Crippen LogP contribution in [0.3, 0.4) is 0 Å². The summed E-state index contributed by atoms with van der Waals surface area (Å²) in [6, 6.07) is 6.44. The van der Waals surface area contributed by atoms with Gasteiger partial charge >= 0.3 is 6.03 Å². The number of aliphatic hydroxyl groups is 1. The molecule has 1 aromatic carbocycles. The standard InChI is InChI=1S/C24H36N10O3/c1-4-12-32-22(36)21-24(5-2,33(23(32)37)13-11-17-9-7-8-10-18(17)25)26-20(16-19-27-29-30-28-19)34(21)31(6-3)14-15-35/h7-10,21,35H,4-6,11-16,25H2,1-3H3,(H,27,28,29,30). The number of amidine groups is 1. The van der Waals surface area contributed by atoms with Crippen LogP contribution in [0.1, 0.15) is 45.0 Å². The lowest BCUT2D eigenvalue weighted by molar-refractivity contribution is -0.151. The number of imide groups is 1. The maximum absolute atomic E-state index is 14.0. The summed E-state index contributed by atoms with van der Waals surface area (Å²) < 4.78 is 0. The molecule has 4 rings (SSSR count). The van der Waals surface area contributed by atoms with Crippen molar-refractivity contribution in [1.29, 1.82) is 0 Å². The number of nitrogens with zero attached hydrogens (tertiary/aromatic N) is 8. The number of amides is 3. The Kier molecular flexibility index (Phi) is 8.03. The minimum absolute atomic E-state index is 0.103. The first kappa shape index (κ1) is 26.5. The van der Waals surface area contributed by atoms with E-state index in [0.717, 1.165) is 5.56 Å². The maximum atomic E-state index is 14.0. The van der Waals surface area contributed by atoms with Crippen LogP contribution >= 0.6 is 0 Å². The number of hydrazine groups is 1. The lowest BCUT2D eigenvalue weighted by Crippen LogP contribution is -2.74.